The first-order valence-corrected chi connectivity index (χ1v) is 8.53. The van der Waals surface area contributed by atoms with Gasteiger partial charge in [0.2, 0.25) is 0 Å². The standard InChI is InChI=1S/C16H20ClNO3S/c1-2-20-15-9-12(10-18-5-6-19)8-14(17)16(15)21-11-13-4-3-7-22-13/h3-4,7-9,18-19H,2,5-6,10-11H2,1H3/p+1. The average Bonchev–Trinajstić information content (AvgIpc) is 3.00. The summed E-state index contributed by atoms with van der Waals surface area (Å²) in [6, 6.07) is 7.86. The summed E-state index contributed by atoms with van der Waals surface area (Å²) in [5, 5.41) is 13.4. The minimum Gasteiger partial charge on any atom is -0.490 e. The summed E-state index contributed by atoms with van der Waals surface area (Å²) >= 11 is 8.00. The molecule has 1 aromatic carbocycles. The van der Waals surface area contributed by atoms with Crippen LogP contribution in [0.25, 0.3) is 0 Å². The van der Waals surface area contributed by atoms with Crippen LogP contribution in [0.4, 0.5) is 0 Å². The van der Waals surface area contributed by atoms with Gasteiger partial charge in [0.25, 0.3) is 0 Å². The Bertz CT molecular complexity index is 575. The molecule has 0 aliphatic rings. The lowest BCUT2D eigenvalue weighted by molar-refractivity contribution is -0.671. The molecule has 0 unspecified atom stereocenters. The van der Waals surface area contributed by atoms with Crippen LogP contribution < -0.4 is 14.8 Å². The first-order valence-electron chi connectivity index (χ1n) is 7.27. The van der Waals surface area contributed by atoms with Crippen LogP contribution in [0.5, 0.6) is 11.5 Å². The van der Waals surface area contributed by atoms with Crippen LogP contribution in [0, 0.1) is 0 Å². The van der Waals surface area contributed by atoms with Crippen LogP contribution in [0.1, 0.15) is 17.4 Å². The number of thiophene rings is 1. The van der Waals surface area contributed by atoms with Crippen molar-refractivity contribution in [1.29, 1.82) is 0 Å². The summed E-state index contributed by atoms with van der Waals surface area (Å²) in [5.41, 5.74) is 1.05. The van der Waals surface area contributed by atoms with Gasteiger partial charge in [-0.15, -0.1) is 11.3 Å². The maximum absolute atomic E-state index is 8.84. The third-order valence-corrected chi connectivity index (χ3v) is 4.15. The number of ether oxygens (including phenoxy) is 2. The Morgan fingerprint density at radius 1 is 1.32 bits per heavy atom. The van der Waals surface area contributed by atoms with Gasteiger partial charge < -0.3 is 19.9 Å². The lowest BCUT2D eigenvalue weighted by Gasteiger charge is -2.14. The van der Waals surface area contributed by atoms with Crippen molar-refractivity contribution in [3.05, 3.63) is 45.1 Å². The number of benzene rings is 1. The molecule has 0 atom stereocenters. The van der Waals surface area contributed by atoms with E-state index in [4.69, 9.17) is 26.2 Å². The first kappa shape index (κ1) is 17.1. The Balaban J connectivity index is 2.12. The van der Waals surface area contributed by atoms with E-state index in [9.17, 15) is 0 Å². The van der Waals surface area contributed by atoms with Gasteiger partial charge in [-0.05, 0) is 30.5 Å². The lowest BCUT2D eigenvalue weighted by Crippen LogP contribution is -2.83. The van der Waals surface area contributed by atoms with Gasteiger partial charge in [0, 0.05) is 10.4 Å². The molecule has 0 radical (unpaired) electrons. The summed E-state index contributed by atoms with van der Waals surface area (Å²) < 4.78 is 11.5. The van der Waals surface area contributed by atoms with Gasteiger partial charge in [0.1, 0.15) is 13.2 Å². The van der Waals surface area contributed by atoms with Gasteiger partial charge in [-0.1, -0.05) is 17.7 Å². The van der Waals surface area contributed by atoms with E-state index in [-0.39, 0.29) is 6.61 Å². The molecule has 0 saturated heterocycles. The largest absolute Gasteiger partial charge is 0.490 e. The maximum atomic E-state index is 8.84. The molecule has 2 rings (SSSR count). The van der Waals surface area contributed by atoms with Crippen LogP contribution in [0.3, 0.4) is 0 Å². The fourth-order valence-corrected chi connectivity index (χ4v) is 2.94. The number of hydrogen-bond donors (Lipinski definition) is 2. The highest BCUT2D eigenvalue weighted by Gasteiger charge is 2.14. The van der Waals surface area contributed by atoms with Gasteiger partial charge >= 0.3 is 0 Å². The van der Waals surface area contributed by atoms with Gasteiger partial charge in [-0.25, -0.2) is 0 Å². The minimum atomic E-state index is 0.161. The van der Waals surface area contributed by atoms with Crippen molar-refractivity contribution in [2.45, 2.75) is 20.1 Å². The number of hydrogen-bond acceptors (Lipinski definition) is 4. The van der Waals surface area contributed by atoms with Crippen molar-refractivity contribution in [2.24, 2.45) is 0 Å². The van der Waals surface area contributed by atoms with E-state index in [0.717, 1.165) is 17.0 Å². The van der Waals surface area contributed by atoms with Crippen LogP contribution in [-0.2, 0) is 13.2 Å². The van der Waals surface area contributed by atoms with Gasteiger partial charge in [-0.2, -0.15) is 0 Å². The molecule has 6 heteroatoms. The summed E-state index contributed by atoms with van der Waals surface area (Å²) in [6.45, 7) is 4.53. The Morgan fingerprint density at radius 2 is 2.18 bits per heavy atom. The van der Waals surface area contributed by atoms with Crippen molar-refractivity contribution >= 4 is 22.9 Å². The van der Waals surface area contributed by atoms with E-state index in [1.54, 1.807) is 11.3 Å². The summed E-state index contributed by atoms with van der Waals surface area (Å²) in [4.78, 5) is 1.14. The predicted octanol–water partition coefficient (Wildman–Crippen LogP) is 2.43. The number of nitrogens with two attached hydrogens (primary N) is 1. The smallest absolute Gasteiger partial charge is 0.180 e. The second-order valence-corrected chi connectivity index (χ2v) is 6.15. The van der Waals surface area contributed by atoms with Crippen LogP contribution in [-0.4, -0.2) is 24.9 Å². The third-order valence-electron chi connectivity index (χ3n) is 3.02. The third kappa shape index (κ3) is 4.88. The van der Waals surface area contributed by atoms with Crippen LogP contribution in [0.15, 0.2) is 29.6 Å². The van der Waals surface area contributed by atoms with Crippen LogP contribution in [0.2, 0.25) is 5.02 Å². The summed E-state index contributed by atoms with van der Waals surface area (Å²) in [7, 11) is 0. The summed E-state index contributed by atoms with van der Waals surface area (Å²) in [5.74, 6) is 1.25. The molecule has 1 heterocycles. The zero-order valence-electron chi connectivity index (χ0n) is 12.5. The molecular formula is C16H21ClNO3S+. The topological polar surface area (TPSA) is 55.3 Å². The van der Waals surface area contributed by atoms with E-state index in [0.29, 0.717) is 36.3 Å². The lowest BCUT2D eigenvalue weighted by atomic mass is 10.2. The van der Waals surface area contributed by atoms with Gasteiger partial charge in [0.15, 0.2) is 11.5 Å². The van der Waals surface area contributed by atoms with E-state index < -0.39 is 0 Å². The molecule has 0 aliphatic carbocycles. The monoisotopic (exact) mass is 342 g/mol. The number of aliphatic hydroxyl groups is 1. The molecule has 1 aromatic heterocycles. The van der Waals surface area contributed by atoms with Crippen molar-refractivity contribution in [3.8, 4) is 11.5 Å². The van der Waals surface area contributed by atoms with Gasteiger partial charge in [-0.3, -0.25) is 0 Å². The van der Waals surface area contributed by atoms with E-state index in [2.05, 4.69) is 0 Å². The zero-order valence-corrected chi connectivity index (χ0v) is 14.1. The van der Waals surface area contributed by atoms with E-state index >= 15 is 0 Å². The summed E-state index contributed by atoms with van der Waals surface area (Å²) in [6.07, 6.45) is 0. The normalized spacial score (nSPS) is 10.7. The molecule has 120 valence electrons. The van der Waals surface area contributed by atoms with Crippen molar-refractivity contribution in [3.63, 3.8) is 0 Å². The molecule has 0 aliphatic heterocycles. The van der Waals surface area contributed by atoms with E-state index in [1.165, 1.54) is 0 Å². The Hall–Kier alpha value is -1.27. The van der Waals surface area contributed by atoms with E-state index in [1.807, 2.05) is 41.9 Å². The maximum Gasteiger partial charge on any atom is 0.180 e. The highest BCUT2D eigenvalue weighted by molar-refractivity contribution is 7.09. The number of halogens is 1. The number of aliphatic hydroxyl groups excluding tert-OH is 1. The Morgan fingerprint density at radius 3 is 2.86 bits per heavy atom. The van der Waals surface area contributed by atoms with Crippen LogP contribution >= 0.6 is 22.9 Å². The second kappa shape index (κ2) is 9.00. The average molecular weight is 343 g/mol. The van der Waals surface area contributed by atoms with Gasteiger partial charge in [0.05, 0.1) is 24.8 Å². The Kier molecular flexibility index (Phi) is 6.99. The molecule has 0 bridgehead atoms. The quantitative estimate of drug-likeness (QED) is 0.688. The van der Waals surface area contributed by atoms with Crippen molar-refractivity contribution in [2.75, 3.05) is 19.8 Å². The first-order chi connectivity index (χ1) is 10.7. The highest BCUT2D eigenvalue weighted by Crippen LogP contribution is 2.37. The highest BCUT2D eigenvalue weighted by atomic mass is 35.5. The number of quaternary nitrogens is 1. The second-order valence-electron chi connectivity index (χ2n) is 4.71. The molecule has 0 amide bonds. The molecule has 3 N–H and O–H groups in total. The number of rotatable bonds is 9. The molecule has 4 nitrogen and oxygen atoms in total. The zero-order chi connectivity index (χ0) is 15.8. The molecule has 22 heavy (non-hydrogen) atoms. The minimum absolute atomic E-state index is 0.161. The fraction of sp³-hybridized carbons (Fsp3) is 0.375. The predicted molar refractivity (Wildman–Crippen MR) is 88.9 cm³/mol. The molecular weight excluding hydrogens is 322 g/mol. The molecule has 0 saturated carbocycles. The fourth-order valence-electron chi connectivity index (χ4n) is 2.04. The SMILES string of the molecule is CCOc1cc(C[NH2+]CCO)cc(Cl)c1OCc1cccs1. The van der Waals surface area contributed by atoms with Crippen molar-refractivity contribution < 1.29 is 19.9 Å². The Labute approximate surface area is 139 Å². The molecule has 2 aromatic rings. The van der Waals surface area contributed by atoms with Crippen molar-refractivity contribution in [1.82, 2.24) is 0 Å². The molecule has 0 spiro atoms. The molecule has 0 fully saturated rings.